The zero-order valence-electron chi connectivity index (χ0n) is 19.9. The Bertz CT molecular complexity index is 1460. The van der Waals surface area contributed by atoms with Gasteiger partial charge in [-0.25, -0.2) is 9.67 Å². The topological polar surface area (TPSA) is 91.0 Å². The molecule has 1 aliphatic heterocycles. The van der Waals surface area contributed by atoms with Gasteiger partial charge in [0, 0.05) is 18.7 Å². The quantitative estimate of drug-likeness (QED) is 0.399. The number of nitrogens with one attached hydrogen (secondary N) is 1. The summed E-state index contributed by atoms with van der Waals surface area (Å²) in [5.41, 5.74) is 4.65. The molecule has 1 amide bonds. The van der Waals surface area contributed by atoms with Crippen LogP contribution in [-0.2, 0) is 11.2 Å². The Kier molecular flexibility index (Phi) is 6.34. The van der Waals surface area contributed by atoms with Crippen molar-refractivity contribution in [2.24, 2.45) is 0 Å². The SMILES string of the molecule is COc1ccc(CCNC(=O)CC2CSc3nc4c(cnn4-c4ccc(C)cc4C)c(=O)n32)cc1. The standard InChI is InChI=1S/C26H27N5O3S/c1-16-4-9-22(17(2)12-16)31-24-21(14-28-31)25(33)30-19(15-35-26(30)29-24)13-23(32)27-11-10-18-5-7-20(34-3)8-6-18/h4-9,12,14,19H,10-11,13,15H2,1-3H3,(H,27,32). The molecule has 35 heavy (non-hydrogen) atoms. The Morgan fingerprint density at radius 1 is 1.20 bits per heavy atom. The zero-order valence-corrected chi connectivity index (χ0v) is 20.8. The molecular weight excluding hydrogens is 462 g/mol. The predicted octanol–water partition coefficient (Wildman–Crippen LogP) is 3.60. The maximum atomic E-state index is 13.4. The van der Waals surface area contributed by atoms with Crippen molar-refractivity contribution in [1.29, 1.82) is 0 Å². The van der Waals surface area contributed by atoms with Crippen LogP contribution in [0.5, 0.6) is 5.75 Å². The number of nitrogens with zero attached hydrogens (tertiary/aromatic N) is 4. The van der Waals surface area contributed by atoms with E-state index in [1.54, 1.807) is 22.6 Å². The predicted molar refractivity (Wildman–Crippen MR) is 137 cm³/mol. The monoisotopic (exact) mass is 489 g/mol. The van der Waals surface area contributed by atoms with Gasteiger partial charge in [-0.3, -0.25) is 14.2 Å². The van der Waals surface area contributed by atoms with Crippen LogP contribution in [0, 0.1) is 13.8 Å². The summed E-state index contributed by atoms with van der Waals surface area (Å²) >= 11 is 1.50. The second-order valence-corrected chi connectivity index (χ2v) is 9.76. The zero-order chi connectivity index (χ0) is 24.5. The highest BCUT2D eigenvalue weighted by atomic mass is 32.2. The molecular formula is C26H27N5O3S. The largest absolute Gasteiger partial charge is 0.497 e. The Morgan fingerprint density at radius 2 is 2.00 bits per heavy atom. The first-order chi connectivity index (χ1) is 16.9. The molecule has 0 saturated carbocycles. The molecule has 0 saturated heterocycles. The Balaban J connectivity index is 1.30. The summed E-state index contributed by atoms with van der Waals surface area (Å²) in [6.45, 7) is 4.60. The Morgan fingerprint density at radius 3 is 2.74 bits per heavy atom. The first-order valence-corrected chi connectivity index (χ1v) is 12.5. The molecule has 1 N–H and O–H groups in total. The molecule has 1 atom stereocenters. The minimum atomic E-state index is -0.232. The summed E-state index contributed by atoms with van der Waals surface area (Å²) in [6.07, 6.45) is 2.54. The molecule has 2 aromatic heterocycles. The minimum absolute atomic E-state index is 0.0741. The molecule has 9 heteroatoms. The van der Waals surface area contributed by atoms with Gasteiger partial charge in [-0.05, 0) is 49.6 Å². The molecule has 3 heterocycles. The third-order valence-electron chi connectivity index (χ3n) is 6.27. The third kappa shape index (κ3) is 4.55. The maximum absolute atomic E-state index is 13.4. The third-order valence-corrected chi connectivity index (χ3v) is 7.36. The van der Waals surface area contributed by atoms with E-state index in [4.69, 9.17) is 9.72 Å². The molecule has 4 aromatic rings. The number of ether oxygens (including phenoxy) is 1. The number of methoxy groups -OCH3 is 1. The van der Waals surface area contributed by atoms with E-state index in [1.165, 1.54) is 11.8 Å². The fraction of sp³-hybridized carbons (Fsp3) is 0.308. The van der Waals surface area contributed by atoms with Crippen molar-refractivity contribution in [1.82, 2.24) is 24.6 Å². The van der Waals surface area contributed by atoms with Crippen LogP contribution in [0.25, 0.3) is 16.7 Å². The molecule has 0 aliphatic carbocycles. The number of carbonyl (C=O) groups is 1. The van der Waals surface area contributed by atoms with E-state index >= 15 is 0 Å². The van der Waals surface area contributed by atoms with Crippen molar-refractivity contribution in [2.75, 3.05) is 19.4 Å². The van der Waals surface area contributed by atoms with E-state index in [0.717, 1.165) is 34.5 Å². The van der Waals surface area contributed by atoms with Gasteiger partial charge in [0.15, 0.2) is 10.8 Å². The first-order valence-electron chi connectivity index (χ1n) is 11.5. The normalized spacial score (nSPS) is 14.8. The number of aryl methyl sites for hydroxylation is 2. The number of benzene rings is 2. The van der Waals surface area contributed by atoms with Crippen LogP contribution in [0.15, 0.2) is 58.6 Å². The number of hydrogen-bond acceptors (Lipinski definition) is 6. The number of fused-ring (bicyclic) bond motifs is 2. The van der Waals surface area contributed by atoms with Crippen molar-refractivity contribution in [3.8, 4) is 11.4 Å². The number of rotatable bonds is 7. The number of carbonyl (C=O) groups excluding carboxylic acids is 1. The van der Waals surface area contributed by atoms with Crippen LogP contribution in [0.3, 0.4) is 0 Å². The lowest BCUT2D eigenvalue weighted by Crippen LogP contribution is -2.31. The highest BCUT2D eigenvalue weighted by Gasteiger charge is 2.29. The van der Waals surface area contributed by atoms with Crippen LogP contribution in [-0.4, -0.2) is 44.6 Å². The summed E-state index contributed by atoms with van der Waals surface area (Å²) in [6, 6.07) is 13.7. The van der Waals surface area contributed by atoms with E-state index in [-0.39, 0.29) is 23.9 Å². The van der Waals surface area contributed by atoms with Crippen molar-refractivity contribution in [3.63, 3.8) is 0 Å². The van der Waals surface area contributed by atoms with E-state index in [2.05, 4.69) is 16.5 Å². The van der Waals surface area contributed by atoms with Gasteiger partial charge in [0.05, 0.1) is 25.0 Å². The summed E-state index contributed by atoms with van der Waals surface area (Å²) < 4.78 is 8.56. The number of thioether (sulfide) groups is 1. The van der Waals surface area contributed by atoms with Crippen molar-refractivity contribution >= 4 is 28.7 Å². The highest BCUT2D eigenvalue weighted by molar-refractivity contribution is 7.99. The van der Waals surface area contributed by atoms with Gasteiger partial charge in [-0.1, -0.05) is 41.6 Å². The van der Waals surface area contributed by atoms with Crippen LogP contribution in [0.4, 0.5) is 0 Å². The smallest absolute Gasteiger partial charge is 0.265 e. The van der Waals surface area contributed by atoms with Crippen LogP contribution in [0.2, 0.25) is 0 Å². The van der Waals surface area contributed by atoms with Crippen molar-refractivity contribution in [3.05, 3.63) is 75.7 Å². The van der Waals surface area contributed by atoms with Crippen molar-refractivity contribution in [2.45, 2.75) is 37.9 Å². The van der Waals surface area contributed by atoms with Gasteiger partial charge in [-0.2, -0.15) is 5.10 Å². The fourth-order valence-corrected chi connectivity index (χ4v) is 5.56. The number of hydrogen-bond donors (Lipinski definition) is 1. The maximum Gasteiger partial charge on any atom is 0.265 e. The van der Waals surface area contributed by atoms with Gasteiger partial charge in [0.1, 0.15) is 11.1 Å². The second-order valence-electron chi connectivity index (χ2n) is 8.77. The Labute approximate surface area is 207 Å². The van der Waals surface area contributed by atoms with E-state index in [1.807, 2.05) is 50.2 Å². The second kappa shape index (κ2) is 9.58. The van der Waals surface area contributed by atoms with Gasteiger partial charge in [0.25, 0.3) is 5.56 Å². The Hall–Kier alpha value is -3.59. The summed E-state index contributed by atoms with van der Waals surface area (Å²) in [4.78, 5) is 30.8. The molecule has 180 valence electrons. The number of aromatic nitrogens is 4. The summed E-state index contributed by atoms with van der Waals surface area (Å²) in [5, 5.41) is 8.54. The average molecular weight is 490 g/mol. The fourth-order valence-electron chi connectivity index (χ4n) is 4.42. The minimum Gasteiger partial charge on any atom is -0.497 e. The summed E-state index contributed by atoms with van der Waals surface area (Å²) in [7, 11) is 1.64. The molecule has 1 aliphatic rings. The molecule has 0 bridgehead atoms. The molecule has 2 aromatic carbocycles. The number of amides is 1. The lowest BCUT2D eigenvalue weighted by atomic mass is 10.1. The lowest BCUT2D eigenvalue weighted by molar-refractivity contribution is -0.121. The van der Waals surface area contributed by atoms with Gasteiger partial charge >= 0.3 is 0 Å². The van der Waals surface area contributed by atoms with E-state index in [0.29, 0.717) is 28.5 Å². The molecule has 5 rings (SSSR count). The van der Waals surface area contributed by atoms with Gasteiger partial charge < -0.3 is 10.1 Å². The van der Waals surface area contributed by atoms with Crippen LogP contribution >= 0.6 is 11.8 Å². The van der Waals surface area contributed by atoms with E-state index in [9.17, 15) is 9.59 Å². The summed E-state index contributed by atoms with van der Waals surface area (Å²) in [5.74, 6) is 1.37. The average Bonchev–Trinajstić information content (AvgIpc) is 3.44. The van der Waals surface area contributed by atoms with Crippen LogP contribution in [0.1, 0.15) is 29.2 Å². The molecule has 8 nitrogen and oxygen atoms in total. The molecule has 0 radical (unpaired) electrons. The first kappa shape index (κ1) is 23.2. The lowest BCUT2D eigenvalue weighted by Gasteiger charge is -2.14. The molecule has 0 fully saturated rings. The van der Waals surface area contributed by atoms with Gasteiger partial charge in [0.2, 0.25) is 5.91 Å². The van der Waals surface area contributed by atoms with Crippen LogP contribution < -0.4 is 15.6 Å². The highest BCUT2D eigenvalue weighted by Crippen LogP contribution is 2.33. The molecule has 0 spiro atoms. The van der Waals surface area contributed by atoms with E-state index < -0.39 is 0 Å². The van der Waals surface area contributed by atoms with Crippen molar-refractivity contribution < 1.29 is 9.53 Å². The van der Waals surface area contributed by atoms with Gasteiger partial charge in [-0.15, -0.1) is 0 Å². The molecule has 1 unspecified atom stereocenters.